The highest BCUT2D eigenvalue weighted by atomic mass is 16.5. The lowest BCUT2D eigenvalue weighted by Crippen LogP contribution is -2.10. The molecule has 0 saturated heterocycles. The molecule has 0 aliphatic carbocycles. The lowest BCUT2D eigenvalue weighted by Gasteiger charge is -2.10. The van der Waals surface area contributed by atoms with Gasteiger partial charge in [-0.1, -0.05) is 37.3 Å². The van der Waals surface area contributed by atoms with Crippen molar-refractivity contribution in [3.8, 4) is 0 Å². The van der Waals surface area contributed by atoms with Crippen molar-refractivity contribution in [3.63, 3.8) is 0 Å². The molecule has 1 atom stereocenters. The Morgan fingerprint density at radius 3 is 2.67 bits per heavy atom. The maximum atomic E-state index is 11.2. The Labute approximate surface area is 89.7 Å². The average molecular weight is 208 g/mol. The average Bonchev–Trinajstić information content (AvgIpc) is 2.27. The van der Waals surface area contributed by atoms with Crippen LogP contribution in [0, 0.1) is 0 Å². The van der Waals surface area contributed by atoms with Crippen molar-refractivity contribution < 1.29 is 14.6 Å². The predicted molar refractivity (Wildman–Crippen MR) is 57.3 cm³/mol. The van der Waals surface area contributed by atoms with E-state index in [0.717, 1.165) is 12.0 Å². The summed E-state index contributed by atoms with van der Waals surface area (Å²) in [6, 6.07) is 9.10. The third kappa shape index (κ3) is 4.13. The summed E-state index contributed by atoms with van der Waals surface area (Å²) in [6.07, 6.45) is 0.0486. The van der Waals surface area contributed by atoms with Gasteiger partial charge in [0.05, 0.1) is 19.1 Å². The van der Waals surface area contributed by atoms with Crippen molar-refractivity contribution in [2.45, 2.75) is 25.9 Å². The SMILES string of the molecule is CCCOC(=O)C[C@@H](O)c1ccccc1. The van der Waals surface area contributed by atoms with Crippen LogP contribution in [0.4, 0.5) is 0 Å². The van der Waals surface area contributed by atoms with Crippen molar-refractivity contribution in [1.82, 2.24) is 0 Å². The minimum absolute atomic E-state index is 0.0179. The summed E-state index contributed by atoms with van der Waals surface area (Å²) >= 11 is 0. The maximum absolute atomic E-state index is 11.2. The summed E-state index contributed by atoms with van der Waals surface area (Å²) in [5.74, 6) is -0.354. The Hall–Kier alpha value is -1.35. The number of hydrogen-bond donors (Lipinski definition) is 1. The lowest BCUT2D eigenvalue weighted by molar-refractivity contribution is -0.146. The van der Waals surface area contributed by atoms with Crippen LogP contribution in [0.15, 0.2) is 30.3 Å². The molecule has 0 unspecified atom stereocenters. The number of hydrogen-bond acceptors (Lipinski definition) is 3. The highest BCUT2D eigenvalue weighted by Crippen LogP contribution is 2.16. The molecule has 1 rings (SSSR count). The maximum Gasteiger partial charge on any atom is 0.308 e. The molecule has 0 spiro atoms. The van der Waals surface area contributed by atoms with Crippen molar-refractivity contribution in [2.75, 3.05) is 6.61 Å². The predicted octanol–water partition coefficient (Wildman–Crippen LogP) is 2.06. The molecule has 0 aliphatic heterocycles. The van der Waals surface area contributed by atoms with Gasteiger partial charge in [-0.05, 0) is 12.0 Å². The lowest BCUT2D eigenvalue weighted by atomic mass is 10.1. The molecule has 3 nitrogen and oxygen atoms in total. The Kier molecular flexibility index (Phi) is 4.84. The van der Waals surface area contributed by atoms with Gasteiger partial charge < -0.3 is 9.84 Å². The third-order valence-corrected chi connectivity index (χ3v) is 2.01. The summed E-state index contributed by atoms with van der Waals surface area (Å²) in [4.78, 5) is 11.2. The smallest absolute Gasteiger partial charge is 0.308 e. The monoisotopic (exact) mass is 208 g/mol. The van der Waals surface area contributed by atoms with Crippen LogP contribution < -0.4 is 0 Å². The molecule has 0 saturated carbocycles. The fourth-order valence-corrected chi connectivity index (χ4v) is 1.23. The van der Waals surface area contributed by atoms with Gasteiger partial charge in [-0.3, -0.25) is 4.79 Å². The minimum Gasteiger partial charge on any atom is -0.466 e. The molecule has 1 aromatic rings. The Morgan fingerprint density at radius 2 is 2.07 bits per heavy atom. The number of rotatable bonds is 5. The van der Waals surface area contributed by atoms with Crippen molar-refractivity contribution in [1.29, 1.82) is 0 Å². The quantitative estimate of drug-likeness (QED) is 0.753. The zero-order chi connectivity index (χ0) is 11.1. The second-order valence-corrected chi connectivity index (χ2v) is 3.35. The van der Waals surface area contributed by atoms with Crippen LogP contribution in [-0.4, -0.2) is 17.7 Å². The number of carbonyl (C=O) groups is 1. The first-order chi connectivity index (χ1) is 7.24. The van der Waals surface area contributed by atoms with Crippen LogP contribution in [0.2, 0.25) is 0 Å². The van der Waals surface area contributed by atoms with Crippen LogP contribution in [0.5, 0.6) is 0 Å². The van der Waals surface area contributed by atoms with E-state index in [0.29, 0.717) is 6.61 Å². The largest absolute Gasteiger partial charge is 0.466 e. The summed E-state index contributed by atoms with van der Waals surface area (Å²) in [7, 11) is 0. The second kappa shape index (κ2) is 6.19. The van der Waals surface area contributed by atoms with Gasteiger partial charge in [-0.15, -0.1) is 0 Å². The van der Waals surface area contributed by atoms with Gasteiger partial charge in [0.1, 0.15) is 0 Å². The molecule has 0 bridgehead atoms. The zero-order valence-corrected chi connectivity index (χ0v) is 8.85. The van der Waals surface area contributed by atoms with Gasteiger partial charge in [0, 0.05) is 0 Å². The molecule has 0 heterocycles. The standard InChI is InChI=1S/C12H16O3/c1-2-8-15-12(14)9-11(13)10-6-4-3-5-7-10/h3-7,11,13H,2,8-9H2,1H3/t11-/m1/s1. The van der Waals surface area contributed by atoms with E-state index in [9.17, 15) is 9.90 Å². The summed E-state index contributed by atoms with van der Waals surface area (Å²) in [5, 5.41) is 9.69. The van der Waals surface area contributed by atoms with Gasteiger partial charge in [0.25, 0.3) is 0 Å². The van der Waals surface area contributed by atoms with Crippen molar-refractivity contribution >= 4 is 5.97 Å². The number of esters is 1. The minimum atomic E-state index is -0.768. The van der Waals surface area contributed by atoms with E-state index >= 15 is 0 Å². The van der Waals surface area contributed by atoms with Crippen molar-refractivity contribution in [3.05, 3.63) is 35.9 Å². The van der Waals surface area contributed by atoms with Crippen molar-refractivity contribution in [2.24, 2.45) is 0 Å². The van der Waals surface area contributed by atoms with Crippen LogP contribution in [0.1, 0.15) is 31.4 Å². The van der Waals surface area contributed by atoms with E-state index in [1.54, 1.807) is 12.1 Å². The second-order valence-electron chi connectivity index (χ2n) is 3.35. The van der Waals surface area contributed by atoms with Crippen LogP contribution in [0.25, 0.3) is 0 Å². The van der Waals surface area contributed by atoms with Gasteiger partial charge in [0.15, 0.2) is 0 Å². The highest BCUT2D eigenvalue weighted by Gasteiger charge is 2.13. The molecule has 3 heteroatoms. The Morgan fingerprint density at radius 1 is 1.40 bits per heavy atom. The molecule has 1 aromatic carbocycles. The number of aliphatic hydroxyl groups is 1. The molecule has 0 aliphatic rings. The fraction of sp³-hybridized carbons (Fsp3) is 0.417. The van der Waals surface area contributed by atoms with Gasteiger partial charge in [0.2, 0.25) is 0 Å². The van der Waals surface area contributed by atoms with E-state index in [4.69, 9.17) is 4.74 Å². The Balaban J connectivity index is 2.42. The first-order valence-corrected chi connectivity index (χ1v) is 5.12. The van der Waals surface area contributed by atoms with Gasteiger partial charge in [-0.25, -0.2) is 0 Å². The Bertz CT molecular complexity index is 295. The highest BCUT2D eigenvalue weighted by molar-refractivity contribution is 5.70. The summed E-state index contributed by atoms with van der Waals surface area (Å²) < 4.78 is 4.88. The summed E-state index contributed by atoms with van der Waals surface area (Å²) in [6.45, 7) is 2.35. The third-order valence-electron chi connectivity index (χ3n) is 2.01. The molecule has 0 fully saturated rings. The van der Waals surface area contributed by atoms with Gasteiger partial charge >= 0.3 is 5.97 Å². The normalized spacial score (nSPS) is 12.1. The van der Waals surface area contributed by atoms with E-state index in [2.05, 4.69) is 0 Å². The molecule has 0 aromatic heterocycles. The molecule has 82 valence electrons. The van der Waals surface area contributed by atoms with Crippen LogP contribution in [0.3, 0.4) is 0 Å². The van der Waals surface area contributed by atoms with E-state index < -0.39 is 6.10 Å². The molecule has 0 radical (unpaired) electrons. The number of carbonyl (C=O) groups excluding carboxylic acids is 1. The molecular formula is C12H16O3. The number of aliphatic hydroxyl groups excluding tert-OH is 1. The summed E-state index contributed by atoms with van der Waals surface area (Å²) in [5.41, 5.74) is 0.742. The number of ether oxygens (including phenoxy) is 1. The zero-order valence-electron chi connectivity index (χ0n) is 8.85. The number of benzene rings is 1. The van der Waals surface area contributed by atoms with E-state index in [1.165, 1.54) is 0 Å². The van der Waals surface area contributed by atoms with E-state index in [-0.39, 0.29) is 12.4 Å². The molecular weight excluding hydrogens is 192 g/mol. The topological polar surface area (TPSA) is 46.5 Å². The first kappa shape index (κ1) is 11.7. The molecule has 1 N–H and O–H groups in total. The van der Waals surface area contributed by atoms with E-state index in [1.807, 2.05) is 25.1 Å². The first-order valence-electron chi connectivity index (χ1n) is 5.12. The van der Waals surface area contributed by atoms with Crippen LogP contribution in [-0.2, 0) is 9.53 Å². The fourth-order valence-electron chi connectivity index (χ4n) is 1.23. The van der Waals surface area contributed by atoms with Gasteiger partial charge in [-0.2, -0.15) is 0 Å². The molecule has 15 heavy (non-hydrogen) atoms. The van der Waals surface area contributed by atoms with Crippen LogP contribution >= 0.6 is 0 Å². The molecule has 0 amide bonds.